The number of allylic oxidation sites excluding steroid dienone is 1. The number of nitrogens with zero attached hydrogens (tertiary/aromatic N) is 1. The van der Waals surface area contributed by atoms with Gasteiger partial charge in [0, 0.05) is 0 Å². The van der Waals surface area contributed by atoms with Gasteiger partial charge in [-0.15, -0.1) is 0 Å². The molecular formula is C7H14LiN. The van der Waals surface area contributed by atoms with Crippen LogP contribution in [0, 0.1) is 0 Å². The van der Waals surface area contributed by atoms with Gasteiger partial charge in [-0.2, -0.15) is 0 Å². The Morgan fingerprint density at radius 2 is 2.11 bits per heavy atom. The summed E-state index contributed by atoms with van der Waals surface area (Å²) in [6, 6.07) is 0. The fourth-order valence-corrected chi connectivity index (χ4v) is 0.483. The first kappa shape index (κ1) is 9.30. The molecule has 48 valence electrons. The third-order valence-electron chi connectivity index (χ3n) is 1.36. The summed E-state index contributed by atoms with van der Waals surface area (Å²) in [6.07, 6.45) is 2.26. The standard InChI is InChI=1S/C7H14N.Li/c1-7(2)5-6-8(3)4;/h5H,1,6H2,2-4H3;/b7-5-;. The van der Waals surface area contributed by atoms with Gasteiger partial charge in [-0.25, -0.2) is 0 Å². The Hall–Kier alpha value is 0.297. The van der Waals surface area contributed by atoms with Crippen molar-refractivity contribution in [1.82, 2.24) is 4.90 Å². The van der Waals surface area contributed by atoms with Gasteiger partial charge in [0.15, 0.2) is 0 Å². The second kappa shape index (κ2) is 5.11. The molecule has 2 heteroatoms. The van der Waals surface area contributed by atoms with Crippen LogP contribution in [0.5, 0.6) is 0 Å². The van der Waals surface area contributed by atoms with E-state index >= 15 is 0 Å². The van der Waals surface area contributed by atoms with Gasteiger partial charge >= 0.3 is 66.9 Å². The van der Waals surface area contributed by atoms with E-state index in [1.54, 1.807) is 0 Å². The fourth-order valence-electron chi connectivity index (χ4n) is 0.483. The van der Waals surface area contributed by atoms with Crippen molar-refractivity contribution in [2.24, 2.45) is 0 Å². The molecule has 0 bridgehead atoms. The zero-order valence-electron chi connectivity index (χ0n) is 6.94. The summed E-state index contributed by atoms with van der Waals surface area (Å²) >= 11 is 2.18. The molecule has 0 spiro atoms. The molecule has 0 aromatic heterocycles. The molecule has 0 aromatic rings. The predicted octanol–water partition coefficient (Wildman–Crippen LogP) is 1.08. The molecule has 0 saturated heterocycles. The van der Waals surface area contributed by atoms with Gasteiger partial charge in [0.05, 0.1) is 0 Å². The molecule has 0 rings (SSSR count). The van der Waals surface area contributed by atoms with Crippen molar-refractivity contribution in [3.8, 4) is 0 Å². The molecule has 0 aliphatic carbocycles. The van der Waals surface area contributed by atoms with Crippen LogP contribution in [0.2, 0.25) is 5.09 Å². The zero-order valence-corrected chi connectivity index (χ0v) is 6.94. The van der Waals surface area contributed by atoms with Gasteiger partial charge < -0.3 is 0 Å². The molecule has 0 aromatic carbocycles. The molecule has 0 unspecified atom stereocenters. The van der Waals surface area contributed by atoms with Gasteiger partial charge in [-0.05, 0) is 0 Å². The van der Waals surface area contributed by atoms with Crippen molar-refractivity contribution < 1.29 is 0 Å². The first-order valence-corrected chi connectivity index (χ1v) is 3.47. The number of likely N-dealkylation sites (N-methyl/N-ethyl adjacent to an activating group) is 1. The first-order valence-electron chi connectivity index (χ1n) is 3.47. The van der Waals surface area contributed by atoms with Crippen LogP contribution in [-0.2, 0) is 0 Å². The Labute approximate surface area is 67.3 Å². The molecule has 0 atom stereocenters. The van der Waals surface area contributed by atoms with Crippen LogP contribution in [0.1, 0.15) is 6.92 Å². The molecule has 0 aliphatic heterocycles. The summed E-state index contributed by atoms with van der Waals surface area (Å²) in [7, 11) is 4.17. The molecule has 0 N–H and O–H groups in total. The monoisotopic (exact) mass is 119 g/mol. The van der Waals surface area contributed by atoms with E-state index in [1.165, 1.54) is 10.7 Å². The van der Waals surface area contributed by atoms with Gasteiger partial charge in [0.2, 0.25) is 0 Å². The Bertz CT molecular complexity index is 97.1. The minimum absolute atomic E-state index is 1.07. The van der Waals surface area contributed by atoms with Crippen molar-refractivity contribution >= 4 is 17.7 Å². The topological polar surface area (TPSA) is 3.24 Å². The number of rotatable bonds is 3. The quantitative estimate of drug-likeness (QED) is 0.397. The third kappa shape index (κ3) is 6.18. The Kier molecular flexibility index (Phi) is 5.28. The van der Waals surface area contributed by atoms with Gasteiger partial charge in [-0.1, -0.05) is 0 Å². The van der Waals surface area contributed by atoms with Crippen molar-refractivity contribution in [1.29, 1.82) is 0 Å². The number of hydrogen-bond acceptors (Lipinski definition) is 1. The van der Waals surface area contributed by atoms with E-state index in [9.17, 15) is 0 Å². The maximum absolute atomic E-state index is 2.26. The van der Waals surface area contributed by atoms with Crippen LogP contribution in [0.3, 0.4) is 0 Å². The summed E-state index contributed by atoms with van der Waals surface area (Å²) in [6.45, 7) is 3.24. The van der Waals surface area contributed by atoms with Gasteiger partial charge in [-0.3, -0.25) is 0 Å². The third-order valence-corrected chi connectivity index (χ3v) is 1.36. The normalized spacial score (nSPS) is 12.9. The minimum atomic E-state index is 1.07. The van der Waals surface area contributed by atoms with Crippen molar-refractivity contribution in [2.75, 3.05) is 20.6 Å². The molecule has 0 fully saturated rings. The molecule has 0 heterocycles. The van der Waals surface area contributed by atoms with E-state index in [-0.39, 0.29) is 0 Å². The second-order valence-corrected chi connectivity index (χ2v) is 2.67. The Balaban J connectivity index is 3.43. The average Bonchev–Trinajstić information content (AvgIpc) is 1.83. The molecule has 0 saturated carbocycles. The predicted molar refractivity (Wildman–Crippen MR) is 42.9 cm³/mol. The average molecular weight is 119 g/mol. The van der Waals surface area contributed by atoms with Crippen molar-refractivity contribution in [3.63, 3.8) is 0 Å². The summed E-state index contributed by atoms with van der Waals surface area (Å²) in [4.78, 5) is 2.17. The van der Waals surface area contributed by atoms with E-state index in [1.807, 2.05) is 0 Å². The maximum atomic E-state index is 2.26. The van der Waals surface area contributed by atoms with Crippen LogP contribution in [-0.4, -0.2) is 43.3 Å². The van der Waals surface area contributed by atoms with E-state index in [0.717, 1.165) is 6.54 Å². The van der Waals surface area contributed by atoms with Crippen LogP contribution >= 0.6 is 0 Å². The Morgan fingerprint density at radius 3 is 2.44 bits per heavy atom. The van der Waals surface area contributed by atoms with E-state index in [4.69, 9.17) is 0 Å². The summed E-state index contributed by atoms with van der Waals surface area (Å²) < 4.78 is 0. The van der Waals surface area contributed by atoms with Crippen LogP contribution in [0.4, 0.5) is 0 Å². The summed E-state index contributed by atoms with van der Waals surface area (Å²) in [5.41, 5.74) is 1.48. The molecule has 0 radical (unpaired) electrons. The molecule has 1 nitrogen and oxygen atoms in total. The number of hydrogen-bond donors (Lipinski definition) is 0. The SMILES string of the molecule is [Li][CH2]/C(C)=C/CN(C)C. The summed E-state index contributed by atoms with van der Waals surface area (Å²) in [5.74, 6) is 0. The second-order valence-electron chi connectivity index (χ2n) is 2.67. The first-order chi connectivity index (χ1) is 4.16. The van der Waals surface area contributed by atoms with E-state index in [2.05, 4.69) is 49.7 Å². The fraction of sp³-hybridized carbons (Fsp3) is 0.714. The Morgan fingerprint density at radius 1 is 1.56 bits per heavy atom. The molecular weight excluding hydrogens is 105 g/mol. The van der Waals surface area contributed by atoms with E-state index in [0.29, 0.717) is 0 Å². The van der Waals surface area contributed by atoms with Gasteiger partial charge in [0.25, 0.3) is 0 Å². The van der Waals surface area contributed by atoms with Crippen LogP contribution in [0.15, 0.2) is 11.6 Å². The van der Waals surface area contributed by atoms with Crippen molar-refractivity contribution in [3.05, 3.63) is 11.6 Å². The molecule has 9 heavy (non-hydrogen) atoms. The van der Waals surface area contributed by atoms with Gasteiger partial charge in [0.1, 0.15) is 0 Å². The van der Waals surface area contributed by atoms with Crippen LogP contribution < -0.4 is 0 Å². The molecule has 0 amide bonds. The van der Waals surface area contributed by atoms with E-state index < -0.39 is 0 Å². The zero-order chi connectivity index (χ0) is 7.28. The van der Waals surface area contributed by atoms with Crippen molar-refractivity contribution in [2.45, 2.75) is 12.0 Å². The molecule has 0 aliphatic rings. The van der Waals surface area contributed by atoms with Crippen LogP contribution in [0.25, 0.3) is 0 Å². The summed E-state index contributed by atoms with van der Waals surface area (Å²) in [5, 5.41) is 1.17.